The smallest absolute Gasteiger partial charge is 0.133 e. The Morgan fingerprint density at radius 1 is 1.07 bits per heavy atom. The maximum absolute atomic E-state index is 13.4. The molecule has 75 valence electrons. The van der Waals surface area contributed by atoms with Crippen molar-refractivity contribution in [3.8, 4) is 11.1 Å². The normalized spacial score (nSPS) is 10.3. The van der Waals surface area contributed by atoms with E-state index >= 15 is 0 Å². The van der Waals surface area contributed by atoms with E-state index in [1.807, 2.05) is 13.0 Å². The molecule has 0 saturated heterocycles. The van der Waals surface area contributed by atoms with E-state index in [2.05, 4.69) is 6.07 Å². The van der Waals surface area contributed by atoms with Gasteiger partial charge in [0, 0.05) is 0 Å². The number of benzene rings is 2. The molecule has 0 atom stereocenters. The van der Waals surface area contributed by atoms with Gasteiger partial charge in [-0.3, -0.25) is 0 Å². The Hall–Kier alpha value is -1.70. The third-order valence-electron chi connectivity index (χ3n) is 2.19. The zero-order chi connectivity index (χ0) is 10.8. The summed E-state index contributed by atoms with van der Waals surface area (Å²) in [5.41, 5.74) is 1.39. The van der Waals surface area contributed by atoms with Crippen molar-refractivity contribution in [1.29, 1.82) is 0 Å². The lowest BCUT2D eigenvalue weighted by Crippen LogP contribution is -1.89. The summed E-state index contributed by atoms with van der Waals surface area (Å²) in [7, 11) is 0. The number of hydrogen-bond donors (Lipinski definition) is 0. The fourth-order valence-electron chi connectivity index (χ4n) is 1.48. The van der Waals surface area contributed by atoms with Gasteiger partial charge < -0.3 is 0 Å². The average Bonchev–Trinajstić information content (AvgIpc) is 2.17. The van der Waals surface area contributed by atoms with Crippen molar-refractivity contribution in [1.82, 2.24) is 0 Å². The van der Waals surface area contributed by atoms with Crippen LogP contribution in [-0.2, 0) is 0 Å². The molecule has 0 aliphatic carbocycles. The quantitative estimate of drug-likeness (QED) is 0.662. The summed E-state index contributed by atoms with van der Waals surface area (Å²) in [6, 6.07) is 11.9. The highest BCUT2D eigenvalue weighted by Gasteiger charge is 2.10. The van der Waals surface area contributed by atoms with Crippen LogP contribution in [0.3, 0.4) is 0 Å². The number of rotatable bonds is 1. The maximum Gasteiger partial charge on any atom is 0.133 e. The molecule has 2 rings (SSSR count). The molecule has 2 aromatic rings. The van der Waals surface area contributed by atoms with Gasteiger partial charge in [0.25, 0.3) is 0 Å². The Kier molecular flexibility index (Phi) is 2.50. The first-order chi connectivity index (χ1) is 7.18. The summed E-state index contributed by atoms with van der Waals surface area (Å²) in [5, 5.41) is 0. The molecule has 0 amide bonds. The van der Waals surface area contributed by atoms with E-state index in [1.54, 1.807) is 12.1 Å². The van der Waals surface area contributed by atoms with Crippen molar-refractivity contribution in [2.24, 2.45) is 0 Å². The maximum atomic E-state index is 13.4. The van der Waals surface area contributed by atoms with Crippen molar-refractivity contribution in [3.63, 3.8) is 0 Å². The van der Waals surface area contributed by atoms with Crippen molar-refractivity contribution < 1.29 is 8.78 Å². The number of hydrogen-bond acceptors (Lipinski definition) is 0. The predicted octanol–water partition coefficient (Wildman–Crippen LogP) is 3.74. The highest BCUT2D eigenvalue weighted by Crippen LogP contribution is 2.25. The van der Waals surface area contributed by atoms with E-state index in [-0.39, 0.29) is 5.56 Å². The second kappa shape index (κ2) is 3.81. The van der Waals surface area contributed by atoms with Crippen molar-refractivity contribution in [2.75, 3.05) is 0 Å². The van der Waals surface area contributed by atoms with Gasteiger partial charge in [0.2, 0.25) is 0 Å². The Balaban J connectivity index is 2.63. The van der Waals surface area contributed by atoms with Crippen LogP contribution in [0.2, 0.25) is 0 Å². The summed E-state index contributed by atoms with van der Waals surface area (Å²) < 4.78 is 26.8. The van der Waals surface area contributed by atoms with Gasteiger partial charge in [-0.25, -0.2) is 8.78 Å². The van der Waals surface area contributed by atoms with E-state index in [0.29, 0.717) is 5.56 Å². The lowest BCUT2D eigenvalue weighted by molar-refractivity contribution is 0.589. The molecule has 0 unspecified atom stereocenters. The molecular formula is C13H9F2. The standard InChI is InChI=1S/C13H9F2/c1-9-4-2-5-10(8-9)13-11(14)6-3-7-12(13)15/h2-4,6-8H,1H3. The SMILES string of the molecule is Cc1cc[c]c(-c2c(F)cccc2F)c1. The Morgan fingerprint density at radius 2 is 1.73 bits per heavy atom. The van der Waals surface area contributed by atoms with Gasteiger partial charge in [-0.15, -0.1) is 0 Å². The van der Waals surface area contributed by atoms with Gasteiger partial charge >= 0.3 is 0 Å². The van der Waals surface area contributed by atoms with Crippen LogP contribution in [-0.4, -0.2) is 0 Å². The first kappa shape index (κ1) is 9.84. The topological polar surface area (TPSA) is 0 Å². The molecule has 0 fully saturated rings. The van der Waals surface area contributed by atoms with Crippen LogP contribution < -0.4 is 0 Å². The fraction of sp³-hybridized carbons (Fsp3) is 0.0769. The second-order valence-corrected chi connectivity index (χ2v) is 3.38. The van der Waals surface area contributed by atoms with Crippen molar-refractivity contribution in [2.45, 2.75) is 6.92 Å². The van der Waals surface area contributed by atoms with E-state index in [1.165, 1.54) is 18.2 Å². The van der Waals surface area contributed by atoms with Gasteiger partial charge in [0.1, 0.15) is 11.6 Å². The molecule has 0 saturated carbocycles. The molecular weight excluding hydrogens is 194 g/mol. The van der Waals surface area contributed by atoms with E-state index in [0.717, 1.165) is 5.56 Å². The van der Waals surface area contributed by atoms with Gasteiger partial charge in [-0.1, -0.05) is 29.8 Å². The minimum atomic E-state index is -0.558. The fourth-order valence-corrected chi connectivity index (χ4v) is 1.48. The van der Waals surface area contributed by atoms with E-state index in [4.69, 9.17) is 0 Å². The zero-order valence-corrected chi connectivity index (χ0v) is 8.22. The summed E-state index contributed by atoms with van der Waals surface area (Å²) >= 11 is 0. The molecule has 0 aliphatic rings. The highest BCUT2D eigenvalue weighted by molar-refractivity contribution is 5.64. The summed E-state index contributed by atoms with van der Waals surface area (Å²) in [5.74, 6) is -1.12. The first-order valence-corrected chi connectivity index (χ1v) is 4.61. The Labute approximate surface area is 87.2 Å². The number of halogens is 2. The van der Waals surface area contributed by atoms with Crippen LogP contribution in [0, 0.1) is 24.6 Å². The van der Waals surface area contributed by atoms with Crippen molar-refractivity contribution >= 4 is 0 Å². The third-order valence-corrected chi connectivity index (χ3v) is 2.19. The highest BCUT2D eigenvalue weighted by atomic mass is 19.1. The molecule has 0 spiro atoms. The lowest BCUT2D eigenvalue weighted by Gasteiger charge is -2.05. The number of aryl methyl sites for hydroxylation is 1. The lowest BCUT2D eigenvalue weighted by atomic mass is 10.0. The van der Waals surface area contributed by atoms with Crippen LogP contribution in [0.5, 0.6) is 0 Å². The summed E-state index contributed by atoms with van der Waals surface area (Å²) in [4.78, 5) is 0. The van der Waals surface area contributed by atoms with Gasteiger partial charge in [-0.05, 0) is 30.7 Å². The van der Waals surface area contributed by atoms with Crippen LogP contribution in [0.4, 0.5) is 8.78 Å². The summed E-state index contributed by atoms with van der Waals surface area (Å²) in [6.07, 6.45) is 0. The molecule has 2 aromatic carbocycles. The molecule has 0 heterocycles. The van der Waals surface area contributed by atoms with Gasteiger partial charge in [0.15, 0.2) is 0 Å². The molecule has 0 nitrogen and oxygen atoms in total. The van der Waals surface area contributed by atoms with E-state index < -0.39 is 11.6 Å². The van der Waals surface area contributed by atoms with Crippen LogP contribution >= 0.6 is 0 Å². The second-order valence-electron chi connectivity index (χ2n) is 3.38. The molecule has 15 heavy (non-hydrogen) atoms. The summed E-state index contributed by atoms with van der Waals surface area (Å²) in [6.45, 7) is 1.87. The molecule has 0 aromatic heterocycles. The van der Waals surface area contributed by atoms with Crippen LogP contribution in [0.1, 0.15) is 5.56 Å². The average molecular weight is 203 g/mol. The monoisotopic (exact) mass is 203 g/mol. The molecule has 0 N–H and O–H groups in total. The minimum absolute atomic E-state index is 0.0128. The molecule has 0 aliphatic heterocycles. The van der Waals surface area contributed by atoms with Crippen molar-refractivity contribution in [3.05, 3.63) is 59.7 Å². The Morgan fingerprint density at radius 3 is 2.33 bits per heavy atom. The van der Waals surface area contributed by atoms with E-state index in [9.17, 15) is 8.78 Å². The zero-order valence-electron chi connectivity index (χ0n) is 8.22. The van der Waals surface area contributed by atoms with Gasteiger partial charge in [0.05, 0.1) is 5.56 Å². The van der Waals surface area contributed by atoms with Crippen LogP contribution in [0.15, 0.2) is 36.4 Å². The molecule has 1 radical (unpaired) electrons. The predicted molar refractivity (Wildman–Crippen MR) is 55.4 cm³/mol. The largest absolute Gasteiger partial charge is 0.206 e. The third kappa shape index (κ3) is 1.89. The Bertz CT molecular complexity index is 469. The van der Waals surface area contributed by atoms with Crippen LogP contribution in [0.25, 0.3) is 11.1 Å². The van der Waals surface area contributed by atoms with Gasteiger partial charge in [-0.2, -0.15) is 0 Å². The molecule has 0 bridgehead atoms. The molecule has 2 heteroatoms. The minimum Gasteiger partial charge on any atom is -0.206 e. The first-order valence-electron chi connectivity index (χ1n) is 4.61.